The van der Waals surface area contributed by atoms with Gasteiger partial charge in [0.2, 0.25) is 0 Å². The van der Waals surface area contributed by atoms with E-state index in [2.05, 4.69) is 5.32 Å². The number of nitrogens with one attached hydrogen (secondary N) is 1. The Morgan fingerprint density at radius 3 is 2.67 bits per heavy atom. The minimum absolute atomic E-state index is 0.0750. The second-order valence-electron chi connectivity index (χ2n) is 4.50. The van der Waals surface area contributed by atoms with Gasteiger partial charge in [-0.25, -0.2) is 0 Å². The van der Waals surface area contributed by atoms with Crippen molar-refractivity contribution in [2.45, 2.75) is 19.8 Å². The summed E-state index contributed by atoms with van der Waals surface area (Å²) in [5.41, 5.74) is -0.485. The molecule has 1 aromatic rings. The monoisotopic (exact) mass is 314 g/mol. The van der Waals surface area contributed by atoms with Crippen molar-refractivity contribution in [3.8, 4) is 0 Å². The molecule has 0 heterocycles. The van der Waals surface area contributed by atoms with Crippen LogP contribution in [0.5, 0.6) is 0 Å². The average Bonchev–Trinajstić information content (AvgIpc) is 2.42. The first-order chi connectivity index (χ1) is 9.85. The molecule has 0 fully saturated rings. The first-order valence-electron chi connectivity index (χ1n) is 6.29. The molecule has 7 nitrogen and oxygen atoms in total. The lowest BCUT2D eigenvalue weighted by atomic mass is 10.0. The van der Waals surface area contributed by atoms with Gasteiger partial charge in [0, 0.05) is 24.1 Å². The molecule has 0 bridgehead atoms. The minimum Gasteiger partial charge on any atom is -0.481 e. The van der Waals surface area contributed by atoms with Crippen LogP contribution in [-0.4, -0.2) is 28.5 Å². The fourth-order valence-corrected chi connectivity index (χ4v) is 1.96. The second kappa shape index (κ2) is 7.58. The molecule has 114 valence electrons. The maximum atomic E-state index is 12.0. The van der Waals surface area contributed by atoms with Gasteiger partial charge in [-0.3, -0.25) is 19.7 Å². The fraction of sp³-hybridized carbons (Fsp3) is 0.385. The standard InChI is InChI=1S/C13H15ClN2O5/c1-2-8(5-12(17)18)7-15-13(19)10-6-9(14)3-4-11(10)16(20)21/h3-4,6,8H,2,5,7H2,1H3,(H,15,19)(H,17,18). The van der Waals surface area contributed by atoms with Gasteiger partial charge in [0.25, 0.3) is 11.6 Å². The van der Waals surface area contributed by atoms with Crippen LogP contribution in [0.4, 0.5) is 5.69 Å². The number of halogens is 1. The van der Waals surface area contributed by atoms with E-state index < -0.39 is 16.8 Å². The van der Waals surface area contributed by atoms with Gasteiger partial charge in [-0.15, -0.1) is 0 Å². The molecule has 1 amide bonds. The highest BCUT2D eigenvalue weighted by atomic mass is 35.5. The number of hydrogen-bond donors (Lipinski definition) is 2. The molecule has 1 rings (SSSR count). The Kier molecular flexibility index (Phi) is 6.10. The first kappa shape index (κ1) is 16.9. The second-order valence-corrected chi connectivity index (χ2v) is 4.94. The third-order valence-corrected chi connectivity index (χ3v) is 3.23. The molecule has 8 heteroatoms. The number of nitro benzene ring substituents is 1. The molecular weight excluding hydrogens is 300 g/mol. The van der Waals surface area contributed by atoms with Gasteiger partial charge >= 0.3 is 5.97 Å². The third kappa shape index (κ3) is 5.03. The zero-order valence-corrected chi connectivity index (χ0v) is 12.1. The molecule has 0 radical (unpaired) electrons. The van der Waals surface area contributed by atoms with Crippen LogP contribution in [0.1, 0.15) is 30.1 Å². The topological polar surface area (TPSA) is 110 Å². The number of carboxylic acid groups (broad SMARTS) is 1. The van der Waals surface area contributed by atoms with Gasteiger partial charge in [0.1, 0.15) is 5.56 Å². The van der Waals surface area contributed by atoms with Gasteiger partial charge in [0.05, 0.1) is 4.92 Å². The lowest BCUT2D eigenvalue weighted by Crippen LogP contribution is -2.30. The van der Waals surface area contributed by atoms with E-state index >= 15 is 0 Å². The maximum Gasteiger partial charge on any atom is 0.303 e. The number of carbonyl (C=O) groups is 2. The number of rotatable bonds is 7. The van der Waals surface area contributed by atoms with Gasteiger partial charge in [-0.1, -0.05) is 24.9 Å². The summed E-state index contributed by atoms with van der Waals surface area (Å²) in [5.74, 6) is -1.83. The van der Waals surface area contributed by atoms with Crippen molar-refractivity contribution in [3.63, 3.8) is 0 Å². The summed E-state index contributed by atoms with van der Waals surface area (Å²) in [5, 5.41) is 22.3. The van der Waals surface area contributed by atoms with E-state index in [-0.39, 0.29) is 35.2 Å². The van der Waals surface area contributed by atoms with Crippen molar-refractivity contribution in [2.75, 3.05) is 6.54 Å². The van der Waals surface area contributed by atoms with Crippen molar-refractivity contribution >= 4 is 29.2 Å². The highest BCUT2D eigenvalue weighted by Crippen LogP contribution is 2.22. The minimum atomic E-state index is -0.954. The number of benzene rings is 1. The Morgan fingerprint density at radius 1 is 1.48 bits per heavy atom. The summed E-state index contributed by atoms with van der Waals surface area (Å²) < 4.78 is 0. The Bertz CT molecular complexity index is 561. The van der Waals surface area contributed by atoms with Gasteiger partial charge in [-0.05, 0) is 18.1 Å². The number of nitrogens with zero attached hydrogens (tertiary/aromatic N) is 1. The zero-order valence-electron chi connectivity index (χ0n) is 11.3. The number of carboxylic acids is 1. The number of nitro groups is 1. The third-order valence-electron chi connectivity index (χ3n) is 2.99. The number of hydrogen-bond acceptors (Lipinski definition) is 4. The highest BCUT2D eigenvalue weighted by molar-refractivity contribution is 6.31. The molecule has 21 heavy (non-hydrogen) atoms. The molecule has 0 saturated carbocycles. The molecule has 0 aliphatic carbocycles. The molecule has 0 saturated heterocycles. The maximum absolute atomic E-state index is 12.0. The predicted octanol–water partition coefficient (Wildman–Crippen LogP) is 2.48. The number of aliphatic carboxylic acids is 1. The molecule has 1 atom stereocenters. The van der Waals surface area contributed by atoms with Crippen molar-refractivity contribution in [1.29, 1.82) is 0 Å². The van der Waals surface area contributed by atoms with Crippen molar-refractivity contribution < 1.29 is 19.6 Å². The summed E-state index contributed by atoms with van der Waals surface area (Å²) >= 11 is 5.74. The molecule has 0 aliphatic heterocycles. The Hall–Kier alpha value is -2.15. The van der Waals surface area contributed by atoms with Crippen molar-refractivity contribution in [3.05, 3.63) is 38.9 Å². The Balaban J connectivity index is 2.82. The molecule has 0 spiro atoms. The van der Waals surface area contributed by atoms with E-state index in [1.54, 1.807) is 0 Å². The predicted molar refractivity (Wildman–Crippen MR) is 76.5 cm³/mol. The van der Waals surface area contributed by atoms with E-state index in [1.807, 2.05) is 6.92 Å². The Labute approximate surface area is 126 Å². The lowest BCUT2D eigenvalue weighted by Gasteiger charge is -2.13. The molecule has 1 aromatic carbocycles. The normalized spacial score (nSPS) is 11.7. The largest absolute Gasteiger partial charge is 0.481 e. The Morgan fingerprint density at radius 2 is 2.14 bits per heavy atom. The summed E-state index contributed by atoms with van der Waals surface area (Å²) in [6, 6.07) is 3.70. The molecule has 0 aliphatic rings. The van der Waals surface area contributed by atoms with Crippen LogP contribution in [-0.2, 0) is 4.79 Å². The van der Waals surface area contributed by atoms with E-state index in [1.165, 1.54) is 12.1 Å². The average molecular weight is 315 g/mol. The number of carbonyl (C=O) groups excluding carboxylic acids is 1. The molecule has 0 aromatic heterocycles. The number of amides is 1. The lowest BCUT2D eigenvalue weighted by molar-refractivity contribution is -0.385. The summed E-state index contributed by atoms with van der Waals surface area (Å²) in [4.78, 5) is 32.9. The summed E-state index contributed by atoms with van der Waals surface area (Å²) in [6.07, 6.45) is 0.499. The van der Waals surface area contributed by atoms with Crippen LogP contribution in [0, 0.1) is 16.0 Å². The van der Waals surface area contributed by atoms with E-state index in [9.17, 15) is 19.7 Å². The zero-order chi connectivity index (χ0) is 16.0. The van der Waals surface area contributed by atoms with E-state index in [4.69, 9.17) is 16.7 Å². The van der Waals surface area contributed by atoms with Gasteiger partial charge in [0.15, 0.2) is 0 Å². The van der Waals surface area contributed by atoms with Gasteiger partial charge in [-0.2, -0.15) is 0 Å². The molecular formula is C13H15ClN2O5. The van der Waals surface area contributed by atoms with E-state index in [0.717, 1.165) is 6.07 Å². The van der Waals surface area contributed by atoms with Crippen LogP contribution >= 0.6 is 11.6 Å². The molecule has 2 N–H and O–H groups in total. The van der Waals surface area contributed by atoms with Crippen molar-refractivity contribution in [1.82, 2.24) is 5.32 Å². The van der Waals surface area contributed by atoms with Crippen LogP contribution in [0.2, 0.25) is 5.02 Å². The SMILES string of the molecule is CCC(CNC(=O)c1cc(Cl)ccc1[N+](=O)[O-])CC(=O)O. The van der Waals surface area contributed by atoms with Crippen LogP contribution in [0.15, 0.2) is 18.2 Å². The summed E-state index contributed by atoms with van der Waals surface area (Å²) in [6.45, 7) is 1.94. The van der Waals surface area contributed by atoms with E-state index in [0.29, 0.717) is 6.42 Å². The first-order valence-corrected chi connectivity index (χ1v) is 6.66. The smallest absolute Gasteiger partial charge is 0.303 e. The highest BCUT2D eigenvalue weighted by Gasteiger charge is 2.21. The van der Waals surface area contributed by atoms with Crippen molar-refractivity contribution in [2.24, 2.45) is 5.92 Å². The van der Waals surface area contributed by atoms with Gasteiger partial charge < -0.3 is 10.4 Å². The quantitative estimate of drug-likeness (QED) is 0.593. The van der Waals surface area contributed by atoms with Crippen LogP contribution in [0.25, 0.3) is 0 Å². The summed E-state index contributed by atoms with van der Waals surface area (Å²) in [7, 11) is 0. The molecule has 1 unspecified atom stereocenters. The van der Waals surface area contributed by atoms with Crippen LogP contribution < -0.4 is 5.32 Å². The van der Waals surface area contributed by atoms with Crippen LogP contribution in [0.3, 0.4) is 0 Å². The fourth-order valence-electron chi connectivity index (χ4n) is 1.79.